The number of nitrogens with zero attached hydrogens (tertiary/aromatic N) is 2. The quantitative estimate of drug-likeness (QED) is 0.287. The first kappa shape index (κ1) is 26.8. The number of amides is 2. The molecule has 1 heterocycles. The van der Waals surface area contributed by atoms with Gasteiger partial charge in [-0.05, 0) is 65.3 Å². The molecule has 0 spiro atoms. The molecule has 0 bridgehead atoms. The highest BCUT2D eigenvalue weighted by atomic mass is 16.4. The van der Waals surface area contributed by atoms with Crippen molar-refractivity contribution < 1.29 is 19.5 Å². The van der Waals surface area contributed by atoms with Crippen molar-refractivity contribution in [3.63, 3.8) is 0 Å². The van der Waals surface area contributed by atoms with Crippen molar-refractivity contribution in [3.8, 4) is 11.1 Å². The van der Waals surface area contributed by atoms with E-state index in [9.17, 15) is 19.5 Å². The molecule has 0 fully saturated rings. The van der Waals surface area contributed by atoms with Gasteiger partial charge in [0.05, 0.1) is 12.5 Å². The zero-order chi connectivity index (χ0) is 27.9. The number of aromatic nitrogens is 1. The summed E-state index contributed by atoms with van der Waals surface area (Å²) in [5, 5.41) is 12.5. The lowest BCUT2D eigenvalue weighted by molar-refractivity contribution is -0.137. The van der Waals surface area contributed by atoms with Gasteiger partial charge in [-0.15, -0.1) is 0 Å². The summed E-state index contributed by atoms with van der Waals surface area (Å²) in [4.78, 5) is 44.5. The minimum Gasteiger partial charge on any atom is -0.481 e. The fourth-order valence-electron chi connectivity index (χ4n) is 5.29. The summed E-state index contributed by atoms with van der Waals surface area (Å²) in [6.45, 7) is 0.418. The van der Waals surface area contributed by atoms with Crippen LogP contribution in [0.4, 0.5) is 0 Å². The number of hydrogen-bond acceptors (Lipinski definition) is 4. The van der Waals surface area contributed by atoms with Gasteiger partial charge in [-0.2, -0.15) is 0 Å². The van der Waals surface area contributed by atoms with E-state index >= 15 is 0 Å². The molecule has 2 amide bonds. The molecular weight excluding hydrogens is 502 g/mol. The number of aliphatic carboxylic acids is 1. The van der Waals surface area contributed by atoms with Crippen LogP contribution in [0.2, 0.25) is 0 Å². The van der Waals surface area contributed by atoms with Gasteiger partial charge in [-0.25, -0.2) is 0 Å². The third-order valence-electron chi connectivity index (χ3n) is 7.33. The monoisotopic (exact) mass is 533 g/mol. The SMILES string of the molecule is O=C(O)CCN(CCc1cccnc1)C(=O)c1ccccc1-c1ccccc1C(=O)NC1CCc2ccccc21. The van der Waals surface area contributed by atoms with E-state index in [1.165, 1.54) is 5.56 Å². The Hall–Kier alpha value is -4.78. The highest BCUT2D eigenvalue weighted by Crippen LogP contribution is 2.33. The molecule has 0 radical (unpaired) electrons. The van der Waals surface area contributed by atoms with Crippen LogP contribution in [0.5, 0.6) is 0 Å². The van der Waals surface area contributed by atoms with Crippen LogP contribution in [0.15, 0.2) is 97.3 Å². The fraction of sp³-hybridized carbons (Fsp3) is 0.212. The van der Waals surface area contributed by atoms with Crippen molar-refractivity contribution >= 4 is 17.8 Å². The molecule has 0 saturated heterocycles. The maximum atomic E-state index is 13.9. The van der Waals surface area contributed by atoms with Crippen LogP contribution in [0.3, 0.4) is 0 Å². The van der Waals surface area contributed by atoms with Crippen molar-refractivity contribution in [2.45, 2.75) is 31.7 Å². The number of aryl methyl sites for hydroxylation is 1. The largest absolute Gasteiger partial charge is 0.481 e. The molecule has 0 aliphatic heterocycles. The van der Waals surface area contributed by atoms with Crippen molar-refractivity contribution in [2.24, 2.45) is 0 Å². The Kier molecular flexibility index (Phi) is 8.30. The molecule has 1 aromatic heterocycles. The number of carboxylic acid groups (broad SMARTS) is 1. The minimum absolute atomic E-state index is 0.0624. The standard InChI is InChI=1S/C33H31N3O4/c37-31(38)18-21-36(20-17-23-8-7-19-34-22-23)33(40)29-14-6-4-12-27(29)26-11-3-5-13-28(26)32(39)35-30-16-15-24-9-1-2-10-25(24)30/h1-14,19,22,30H,15-18,20-21H2,(H,35,39)(H,37,38). The predicted molar refractivity (Wildman–Crippen MR) is 153 cm³/mol. The topological polar surface area (TPSA) is 99.6 Å². The van der Waals surface area contributed by atoms with Crippen molar-refractivity contribution in [3.05, 3.63) is 125 Å². The Morgan fingerprint density at radius 3 is 2.30 bits per heavy atom. The molecule has 1 aliphatic carbocycles. The van der Waals surface area contributed by atoms with Gasteiger partial charge in [0.15, 0.2) is 0 Å². The van der Waals surface area contributed by atoms with Crippen LogP contribution in [0.25, 0.3) is 11.1 Å². The van der Waals surface area contributed by atoms with Gasteiger partial charge in [-0.3, -0.25) is 19.4 Å². The number of rotatable bonds is 10. The van der Waals surface area contributed by atoms with Crippen LogP contribution >= 0.6 is 0 Å². The van der Waals surface area contributed by atoms with E-state index in [4.69, 9.17) is 0 Å². The van der Waals surface area contributed by atoms with E-state index in [0.29, 0.717) is 35.2 Å². The maximum Gasteiger partial charge on any atom is 0.305 e. The van der Waals surface area contributed by atoms with Gasteiger partial charge in [0.2, 0.25) is 0 Å². The second-order valence-corrected chi connectivity index (χ2v) is 9.90. The van der Waals surface area contributed by atoms with Crippen molar-refractivity contribution in [1.82, 2.24) is 15.2 Å². The highest BCUT2D eigenvalue weighted by molar-refractivity contribution is 6.06. The van der Waals surface area contributed by atoms with Gasteiger partial charge < -0.3 is 15.3 Å². The van der Waals surface area contributed by atoms with Crippen LogP contribution in [0, 0.1) is 0 Å². The molecule has 3 aromatic carbocycles. The second-order valence-electron chi connectivity index (χ2n) is 9.90. The number of pyridine rings is 1. The normalized spacial score (nSPS) is 13.8. The predicted octanol–water partition coefficient (Wildman–Crippen LogP) is 5.33. The lowest BCUT2D eigenvalue weighted by atomic mass is 9.94. The first-order chi connectivity index (χ1) is 19.5. The lowest BCUT2D eigenvalue weighted by Crippen LogP contribution is -2.35. The Bertz CT molecular complexity index is 1520. The zero-order valence-corrected chi connectivity index (χ0v) is 22.1. The van der Waals surface area contributed by atoms with Crippen LogP contribution in [-0.4, -0.2) is 45.9 Å². The van der Waals surface area contributed by atoms with E-state index in [-0.39, 0.29) is 30.8 Å². The Morgan fingerprint density at radius 1 is 0.850 bits per heavy atom. The van der Waals surface area contributed by atoms with E-state index in [0.717, 1.165) is 24.0 Å². The van der Waals surface area contributed by atoms with Gasteiger partial charge >= 0.3 is 5.97 Å². The van der Waals surface area contributed by atoms with E-state index < -0.39 is 5.97 Å². The summed E-state index contributed by atoms with van der Waals surface area (Å²) in [5.41, 5.74) is 5.55. The first-order valence-electron chi connectivity index (χ1n) is 13.5. The molecule has 202 valence electrons. The third kappa shape index (κ3) is 6.10. The van der Waals surface area contributed by atoms with Crippen molar-refractivity contribution in [2.75, 3.05) is 13.1 Å². The average Bonchev–Trinajstić information content (AvgIpc) is 3.40. The molecule has 40 heavy (non-hydrogen) atoms. The highest BCUT2D eigenvalue weighted by Gasteiger charge is 2.26. The van der Waals surface area contributed by atoms with E-state index in [1.807, 2.05) is 54.6 Å². The summed E-state index contributed by atoms with van der Waals surface area (Å²) in [6.07, 6.45) is 5.58. The number of benzene rings is 3. The summed E-state index contributed by atoms with van der Waals surface area (Å²) in [5.74, 6) is -1.44. The molecule has 0 saturated carbocycles. The summed E-state index contributed by atoms with van der Waals surface area (Å²) >= 11 is 0. The summed E-state index contributed by atoms with van der Waals surface area (Å²) in [7, 11) is 0. The molecule has 1 atom stereocenters. The molecule has 7 nitrogen and oxygen atoms in total. The molecular formula is C33H31N3O4. The van der Waals surface area contributed by atoms with Crippen LogP contribution in [0.1, 0.15) is 56.3 Å². The molecule has 1 unspecified atom stereocenters. The molecule has 1 aliphatic rings. The Balaban J connectivity index is 1.42. The molecule has 5 rings (SSSR count). The number of fused-ring (bicyclic) bond motifs is 1. The fourth-order valence-corrected chi connectivity index (χ4v) is 5.29. The Morgan fingerprint density at radius 2 is 1.55 bits per heavy atom. The number of carbonyl (C=O) groups is 3. The molecule has 7 heteroatoms. The smallest absolute Gasteiger partial charge is 0.305 e. The third-order valence-corrected chi connectivity index (χ3v) is 7.33. The summed E-state index contributed by atoms with van der Waals surface area (Å²) < 4.78 is 0. The van der Waals surface area contributed by atoms with Crippen LogP contribution in [-0.2, 0) is 17.6 Å². The zero-order valence-electron chi connectivity index (χ0n) is 22.1. The van der Waals surface area contributed by atoms with E-state index in [2.05, 4.69) is 22.4 Å². The number of nitrogens with one attached hydrogen (secondary N) is 1. The molecule has 2 N–H and O–H groups in total. The van der Waals surface area contributed by atoms with Crippen molar-refractivity contribution in [1.29, 1.82) is 0 Å². The number of carboxylic acids is 1. The first-order valence-corrected chi connectivity index (χ1v) is 13.5. The van der Waals surface area contributed by atoms with Gasteiger partial charge in [0.1, 0.15) is 0 Å². The van der Waals surface area contributed by atoms with Gasteiger partial charge in [0, 0.05) is 36.6 Å². The van der Waals surface area contributed by atoms with Crippen LogP contribution < -0.4 is 5.32 Å². The molecule has 4 aromatic rings. The maximum absolute atomic E-state index is 13.9. The second kappa shape index (κ2) is 12.4. The Labute approximate surface area is 233 Å². The summed E-state index contributed by atoms with van der Waals surface area (Å²) in [6, 6.07) is 26.3. The minimum atomic E-state index is -0.969. The average molecular weight is 534 g/mol. The van der Waals surface area contributed by atoms with Gasteiger partial charge in [-0.1, -0.05) is 66.7 Å². The number of hydrogen-bond donors (Lipinski definition) is 2. The lowest BCUT2D eigenvalue weighted by Gasteiger charge is -2.24. The van der Waals surface area contributed by atoms with E-state index in [1.54, 1.807) is 35.5 Å². The number of carbonyl (C=O) groups excluding carboxylic acids is 2. The van der Waals surface area contributed by atoms with Gasteiger partial charge in [0.25, 0.3) is 11.8 Å².